The van der Waals surface area contributed by atoms with E-state index >= 15 is 0 Å². The fourth-order valence-electron chi connectivity index (χ4n) is 3.33. The number of hydrogen-bond acceptors (Lipinski definition) is 2. The Labute approximate surface area is 73.7 Å². The van der Waals surface area contributed by atoms with Crippen molar-refractivity contribution in [2.75, 3.05) is 13.1 Å². The molecule has 2 saturated heterocycles. The van der Waals surface area contributed by atoms with E-state index in [-0.39, 0.29) is 0 Å². The summed E-state index contributed by atoms with van der Waals surface area (Å²) in [5.74, 6) is 1.83. The van der Waals surface area contributed by atoms with Gasteiger partial charge >= 0.3 is 0 Å². The van der Waals surface area contributed by atoms with Crippen molar-refractivity contribution in [2.45, 2.75) is 37.9 Å². The van der Waals surface area contributed by atoms with Gasteiger partial charge < -0.3 is 10.1 Å². The van der Waals surface area contributed by atoms with E-state index in [4.69, 9.17) is 4.74 Å². The first-order valence-corrected chi connectivity index (χ1v) is 5.31. The number of rotatable bonds is 0. The molecule has 1 N–H and O–H groups in total. The maximum atomic E-state index is 6.03. The van der Waals surface area contributed by atoms with Gasteiger partial charge in [-0.25, -0.2) is 0 Å². The highest BCUT2D eigenvalue weighted by atomic mass is 16.5. The minimum Gasteiger partial charge on any atom is -0.373 e. The zero-order chi connectivity index (χ0) is 7.97. The smallest absolute Gasteiger partial charge is 0.0735 e. The van der Waals surface area contributed by atoms with Gasteiger partial charge in [-0.1, -0.05) is 6.42 Å². The van der Waals surface area contributed by atoms with Gasteiger partial charge in [-0.3, -0.25) is 0 Å². The molecule has 2 nitrogen and oxygen atoms in total. The summed E-state index contributed by atoms with van der Waals surface area (Å²) in [5, 5.41) is 3.42. The Morgan fingerprint density at radius 2 is 1.92 bits per heavy atom. The standard InChI is InChI=1S/C10H17NO/c1-2-7-8-4-5-11-6-10(8)12-9(7)3-1/h7-11H,1-6H2. The molecule has 0 aromatic rings. The van der Waals surface area contributed by atoms with Crippen LogP contribution in [0.1, 0.15) is 25.7 Å². The Kier molecular flexibility index (Phi) is 1.66. The average Bonchev–Trinajstić information content (AvgIpc) is 2.62. The zero-order valence-electron chi connectivity index (χ0n) is 7.46. The van der Waals surface area contributed by atoms with Crippen LogP contribution in [0.25, 0.3) is 0 Å². The van der Waals surface area contributed by atoms with Gasteiger partial charge in [0.15, 0.2) is 0 Å². The number of fused-ring (bicyclic) bond motifs is 3. The van der Waals surface area contributed by atoms with Crippen molar-refractivity contribution in [1.82, 2.24) is 5.32 Å². The van der Waals surface area contributed by atoms with E-state index in [1.165, 1.54) is 32.2 Å². The van der Waals surface area contributed by atoms with E-state index in [1.807, 2.05) is 0 Å². The van der Waals surface area contributed by atoms with Gasteiger partial charge in [-0.05, 0) is 37.6 Å². The molecule has 3 fully saturated rings. The Morgan fingerprint density at radius 3 is 2.92 bits per heavy atom. The third-order valence-corrected chi connectivity index (χ3v) is 3.88. The van der Waals surface area contributed by atoms with E-state index in [9.17, 15) is 0 Å². The summed E-state index contributed by atoms with van der Waals surface area (Å²) < 4.78 is 6.03. The summed E-state index contributed by atoms with van der Waals surface area (Å²) in [4.78, 5) is 0. The molecule has 4 atom stereocenters. The van der Waals surface area contributed by atoms with Gasteiger partial charge in [-0.2, -0.15) is 0 Å². The lowest BCUT2D eigenvalue weighted by Gasteiger charge is -2.27. The normalized spacial score (nSPS) is 52.0. The minimum atomic E-state index is 0.564. The van der Waals surface area contributed by atoms with Gasteiger partial charge in [0.05, 0.1) is 12.2 Å². The van der Waals surface area contributed by atoms with Crippen LogP contribution in [-0.2, 0) is 4.74 Å². The fraction of sp³-hybridized carbons (Fsp3) is 1.00. The van der Waals surface area contributed by atoms with Crippen molar-refractivity contribution in [3.8, 4) is 0 Å². The van der Waals surface area contributed by atoms with Crippen LogP contribution in [0.15, 0.2) is 0 Å². The third-order valence-electron chi connectivity index (χ3n) is 3.88. The summed E-state index contributed by atoms with van der Waals surface area (Å²) in [6.07, 6.45) is 6.73. The maximum absolute atomic E-state index is 6.03. The van der Waals surface area contributed by atoms with Crippen molar-refractivity contribution >= 4 is 0 Å². The van der Waals surface area contributed by atoms with Gasteiger partial charge in [0.25, 0.3) is 0 Å². The van der Waals surface area contributed by atoms with Gasteiger partial charge in [-0.15, -0.1) is 0 Å². The summed E-state index contributed by atoms with van der Waals surface area (Å²) in [6, 6.07) is 0. The molecule has 68 valence electrons. The molecule has 2 heterocycles. The molecule has 0 bridgehead atoms. The second kappa shape index (κ2) is 2.71. The highest BCUT2D eigenvalue weighted by molar-refractivity contribution is 4.96. The predicted molar refractivity (Wildman–Crippen MR) is 47.0 cm³/mol. The quantitative estimate of drug-likeness (QED) is 0.584. The van der Waals surface area contributed by atoms with Crippen molar-refractivity contribution in [3.05, 3.63) is 0 Å². The molecular weight excluding hydrogens is 150 g/mol. The lowest BCUT2D eigenvalue weighted by atomic mass is 9.84. The second-order valence-electron chi connectivity index (χ2n) is 4.46. The maximum Gasteiger partial charge on any atom is 0.0735 e. The van der Waals surface area contributed by atoms with E-state index in [2.05, 4.69) is 5.32 Å². The first-order valence-electron chi connectivity index (χ1n) is 5.31. The molecule has 0 radical (unpaired) electrons. The van der Waals surface area contributed by atoms with Gasteiger partial charge in [0.2, 0.25) is 0 Å². The highest BCUT2D eigenvalue weighted by Crippen LogP contribution is 2.45. The Balaban J connectivity index is 1.79. The van der Waals surface area contributed by atoms with Crippen LogP contribution in [-0.4, -0.2) is 25.3 Å². The number of nitrogens with one attached hydrogen (secondary N) is 1. The van der Waals surface area contributed by atoms with Crippen molar-refractivity contribution in [3.63, 3.8) is 0 Å². The fourth-order valence-corrected chi connectivity index (χ4v) is 3.33. The minimum absolute atomic E-state index is 0.564. The van der Waals surface area contributed by atoms with E-state index < -0.39 is 0 Å². The van der Waals surface area contributed by atoms with Crippen molar-refractivity contribution < 1.29 is 4.74 Å². The molecule has 0 amide bonds. The Morgan fingerprint density at radius 1 is 1.00 bits per heavy atom. The van der Waals surface area contributed by atoms with Crippen LogP contribution in [0.5, 0.6) is 0 Å². The van der Waals surface area contributed by atoms with Gasteiger partial charge in [0.1, 0.15) is 0 Å². The molecule has 3 aliphatic rings. The van der Waals surface area contributed by atoms with Crippen LogP contribution >= 0.6 is 0 Å². The van der Waals surface area contributed by atoms with E-state index in [0.29, 0.717) is 12.2 Å². The predicted octanol–water partition coefficient (Wildman–Crippen LogP) is 1.16. The largest absolute Gasteiger partial charge is 0.373 e. The molecule has 1 saturated carbocycles. The number of hydrogen-bond donors (Lipinski definition) is 1. The monoisotopic (exact) mass is 167 g/mol. The summed E-state index contributed by atoms with van der Waals surface area (Å²) in [6.45, 7) is 2.32. The summed E-state index contributed by atoms with van der Waals surface area (Å²) >= 11 is 0. The van der Waals surface area contributed by atoms with E-state index in [1.54, 1.807) is 0 Å². The second-order valence-corrected chi connectivity index (χ2v) is 4.46. The van der Waals surface area contributed by atoms with E-state index in [0.717, 1.165) is 18.4 Å². The highest BCUT2D eigenvalue weighted by Gasteiger charge is 2.46. The molecule has 2 heteroatoms. The Bertz CT molecular complexity index is 183. The van der Waals surface area contributed by atoms with Crippen LogP contribution in [0.4, 0.5) is 0 Å². The Hall–Kier alpha value is -0.0800. The first kappa shape index (κ1) is 7.34. The van der Waals surface area contributed by atoms with Crippen molar-refractivity contribution in [2.24, 2.45) is 11.8 Å². The number of ether oxygens (including phenoxy) is 1. The molecule has 0 aromatic heterocycles. The third kappa shape index (κ3) is 0.944. The van der Waals surface area contributed by atoms with Crippen LogP contribution in [0.2, 0.25) is 0 Å². The molecule has 1 aliphatic carbocycles. The van der Waals surface area contributed by atoms with Crippen LogP contribution < -0.4 is 5.32 Å². The zero-order valence-corrected chi connectivity index (χ0v) is 7.46. The van der Waals surface area contributed by atoms with Gasteiger partial charge in [0, 0.05) is 6.54 Å². The first-order chi connectivity index (χ1) is 5.95. The average molecular weight is 167 g/mol. The molecule has 3 rings (SSSR count). The van der Waals surface area contributed by atoms with Crippen LogP contribution in [0, 0.1) is 11.8 Å². The molecule has 12 heavy (non-hydrogen) atoms. The molecule has 0 spiro atoms. The number of piperidine rings is 1. The van der Waals surface area contributed by atoms with Crippen molar-refractivity contribution in [1.29, 1.82) is 0 Å². The molecule has 0 aromatic carbocycles. The topological polar surface area (TPSA) is 21.3 Å². The lowest BCUT2D eigenvalue weighted by molar-refractivity contribution is 0.0252. The SMILES string of the molecule is C1CC2OC3CNCCC3C2C1. The van der Waals surface area contributed by atoms with Crippen LogP contribution in [0.3, 0.4) is 0 Å². The molecule has 4 unspecified atom stereocenters. The summed E-state index contributed by atoms with van der Waals surface area (Å²) in [5.41, 5.74) is 0. The molecular formula is C10H17NO. The molecule has 2 aliphatic heterocycles. The summed E-state index contributed by atoms with van der Waals surface area (Å²) in [7, 11) is 0. The lowest BCUT2D eigenvalue weighted by Crippen LogP contribution is -2.39.